The molecule has 2 atom stereocenters. The molecule has 0 aliphatic carbocycles. The highest BCUT2D eigenvalue weighted by Crippen LogP contribution is 2.18. The molecule has 0 saturated carbocycles. The minimum atomic E-state index is -0.0191. The molecule has 3 heteroatoms. The number of esters is 1. The van der Waals surface area contributed by atoms with Crippen LogP contribution in [0.25, 0.3) is 0 Å². The van der Waals surface area contributed by atoms with Gasteiger partial charge in [-0.2, -0.15) is 0 Å². The Morgan fingerprint density at radius 2 is 1.95 bits per heavy atom. The van der Waals surface area contributed by atoms with Crippen molar-refractivity contribution in [3.63, 3.8) is 0 Å². The maximum absolute atomic E-state index is 11.5. The molecule has 0 amide bonds. The normalized spacial score (nSPS) is 19.2. The Balaban J connectivity index is 1.80. The monoisotopic (exact) mass is 270 g/mol. The molecular weight excluding hydrogens is 240 g/mol. The van der Waals surface area contributed by atoms with Crippen LogP contribution in [0.4, 0.5) is 0 Å². The van der Waals surface area contributed by atoms with Crippen molar-refractivity contribution in [2.24, 2.45) is 5.92 Å². The molecule has 112 valence electrons. The molecule has 0 bridgehead atoms. The number of rotatable bonds is 12. The Kier molecular flexibility index (Phi) is 8.89. The molecule has 0 aromatic heterocycles. The minimum Gasteiger partial charge on any atom is -0.465 e. The van der Waals surface area contributed by atoms with Crippen molar-refractivity contribution in [2.75, 3.05) is 13.2 Å². The Morgan fingerprint density at radius 1 is 1.26 bits per heavy atom. The van der Waals surface area contributed by atoms with Gasteiger partial charge < -0.3 is 9.47 Å². The van der Waals surface area contributed by atoms with Crippen LogP contribution in [0.15, 0.2) is 0 Å². The van der Waals surface area contributed by atoms with Crippen LogP contribution in [0.3, 0.4) is 0 Å². The lowest BCUT2D eigenvalue weighted by molar-refractivity contribution is -0.145. The zero-order valence-corrected chi connectivity index (χ0v) is 12.7. The van der Waals surface area contributed by atoms with Crippen LogP contribution in [0.5, 0.6) is 0 Å². The Labute approximate surface area is 118 Å². The van der Waals surface area contributed by atoms with Crippen LogP contribution in [0.2, 0.25) is 0 Å². The summed E-state index contributed by atoms with van der Waals surface area (Å²) in [6, 6.07) is 0. The van der Waals surface area contributed by atoms with Crippen molar-refractivity contribution >= 4 is 5.97 Å². The molecule has 1 aliphatic rings. The molecule has 1 rings (SSSR count). The van der Waals surface area contributed by atoms with Crippen molar-refractivity contribution in [1.82, 2.24) is 0 Å². The number of epoxide rings is 1. The van der Waals surface area contributed by atoms with E-state index in [1.54, 1.807) is 0 Å². The predicted molar refractivity (Wildman–Crippen MR) is 77.1 cm³/mol. The summed E-state index contributed by atoms with van der Waals surface area (Å²) < 4.78 is 10.4. The summed E-state index contributed by atoms with van der Waals surface area (Å²) >= 11 is 0. The van der Waals surface area contributed by atoms with Gasteiger partial charge in [0.2, 0.25) is 0 Å². The fourth-order valence-electron chi connectivity index (χ4n) is 2.29. The van der Waals surface area contributed by atoms with Gasteiger partial charge in [0, 0.05) is 6.42 Å². The lowest BCUT2D eigenvalue weighted by Gasteiger charge is -2.10. The first-order valence-electron chi connectivity index (χ1n) is 7.99. The molecule has 19 heavy (non-hydrogen) atoms. The lowest BCUT2D eigenvalue weighted by Crippen LogP contribution is -2.11. The largest absolute Gasteiger partial charge is 0.465 e. The molecule has 1 aliphatic heterocycles. The second-order valence-corrected chi connectivity index (χ2v) is 5.84. The Morgan fingerprint density at radius 3 is 2.63 bits per heavy atom. The Bertz CT molecular complexity index is 236. The molecule has 0 aromatic rings. The van der Waals surface area contributed by atoms with E-state index in [9.17, 15) is 4.79 Å². The first-order chi connectivity index (χ1) is 9.22. The zero-order chi connectivity index (χ0) is 13.9. The SMILES string of the molecule is CCCC(C)COC(=O)CCCCCCCC1CO1. The van der Waals surface area contributed by atoms with E-state index in [4.69, 9.17) is 9.47 Å². The molecule has 0 radical (unpaired) electrons. The fourth-order valence-corrected chi connectivity index (χ4v) is 2.29. The van der Waals surface area contributed by atoms with Gasteiger partial charge in [0.1, 0.15) is 0 Å². The van der Waals surface area contributed by atoms with Crippen LogP contribution in [0, 0.1) is 5.92 Å². The van der Waals surface area contributed by atoms with E-state index in [-0.39, 0.29) is 5.97 Å². The average Bonchev–Trinajstić information content (AvgIpc) is 3.19. The van der Waals surface area contributed by atoms with Crippen LogP contribution < -0.4 is 0 Å². The summed E-state index contributed by atoms with van der Waals surface area (Å²) in [6.07, 6.45) is 10.6. The van der Waals surface area contributed by atoms with Crippen molar-refractivity contribution in [3.05, 3.63) is 0 Å². The first-order valence-corrected chi connectivity index (χ1v) is 7.99. The van der Waals surface area contributed by atoms with Gasteiger partial charge in [0.05, 0.1) is 19.3 Å². The van der Waals surface area contributed by atoms with Crippen molar-refractivity contribution in [3.8, 4) is 0 Å². The van der Waals surface area contributed by atoms with Crippen LogP contribution >= 0.6 is 0 Å². The minimum absolute atomic E-state index is 0.0191. The van der Waals surface area contributed by atoms with Gasteiger partial charge in [-0.15, -0.1) is 0 Å². The van der Waals surface area contributed by atoms with Crippen LogP contribution in [-0.2, 0) is 14.3 Å². The quantitative estimate of drug-likeness (QED) is 0.304. The highest BCUT2D eigenvalue weighted by Gasteiger charge is 2.20. The summed E-state index contributed by atoms with van der Waals surface area (Å²) in [5.41, 5.74) is 0. The third-order valence-electron chi connectivity index (χ3n) is 3.62. The molecule has 0 N–H and O–H groups in total. The van der Waals surface area contributed by atoms with E-state index in [1.807, 2.05) is 0 Å². The molecule has 3 nitrogen and oxygen atoms in total. The summed E-state index contributed by atoms with van der Waals surface area (Å²) in [4.78, 5) is 11.5. The smallest absolute Gasteiger partial charge is 0.305 e. The number of hydrogen-bond acceptors (Lipinski definition) is 3. The molecule has 2 unspecified atom stereocenters. The molecule has 0 aromatic carbocycles. The van der Waals surface area contributed by atoms with Gasteiger partial charge in [-0.25, -0.2) is 0 Å². The topological polar surface area (TPSA) is 38.8 Å². The number of carbonyl (C=O) groups is 1. The maximum atomic E-state index is 11.5. The van der Waals surface area contributed by atoms with Crippen molar-refractivity contribution in [1.29, 1.82) is 0 Å². The molecular formula is C16H30O3. The Hall–Kier alpha value is -0.570. The van der Waals surface area contributed by atoms with E-state index in [0.29, 0.717) is 25.0 Å². The number of carbonyl (C=O) groups excluding carboxylic acids is 1. The third kappa shape index (κ3) is 9.94. The van der Waals surface area contributed by atoms with Gasteiger partial charge in [-0.05, 0) is 25.2 Å². The van der Waals surface area contributed by atoms with E-state index < -0.39 is 0 Å². The highest BCUT2D eigenvalue weighted by atomic mass is 16.6. The molecule has 0 spiro atoms. The molecule has 1 heterocycles. The van der Waals surface area contributed by atoms with Gasteiger partial charge in [0.15, 0.2) is 0 Å². The number of hydrogen-bond donors (Lipinski definition) is 0. The van der Waals surface area contributed by atoms with Crippen LogP contribution in [-0.4, -0.2) is 25.3 Å². The van der Waals surface area contributed by atoms with Gasteiger partial charge >= 0.3 is 5.97 Å². The van der Waals surface area contributed by atoms with E-state index in [0.717, 1.165) is 32.3 Å². The molecule has 1 saturated heterocycles. The van der Waals surface area contributed by atoms with Crippen molar-refractivity contribution < 1.29 is 14.3 Å². The van der Waals surface area contributed by atoms with E-state index >= 15 is 0 Å². The summed E-state index contributed by atoms with van der Waals surface area (Å²) in [7, 11) is 0. The highest BCUT2D eigenvalue weighted by molar-refractivity contribution is 5.69. The molecule has 1 fully saturated rings. The lowest BCUT2D eigenvalue weighted by atomic mass is 10.1. The summed E-state index contributed by atoms with van der Waals surface area (Å²) in [6.45, 7) is 5.87. The standard InChI is InChI=1S/C16H30O3/c1-3-9-14(2)12-19-16(17)11-8-6-4-5-7-10-15-13-18-15/h14-15H,3-13H2,1-2H3. The van der Waals surface area contributed by atoms with E-state index in [2.05, 4.69) is 13.8 Å². The second-order valence-electron chi connectivity index (χ2n) is 5.84. The number of ether oxygens (including phenoxy) is 2. The number of unbranched alkanes of at least 4 members (excludes halogenated alkanes) is 4. The fraction of sp³-hybridized carbons (Fsp3) is 0.938. The predicted octanol–water partition coefficient (Wildman–Crippen LogP) is 4.10. The van der Waals surface area contributed by atoms with Gasteiger partial charge in [0.25, 0.3) is 0 Å². The third-order valence-corrected chi connectivity index (χ3v) is 3.62. The summed E-state index contributed by atoms with van der Waals surface area (Å²) in [5, 5.41) is 0. The average molecular weight is 270 g/mol. The second kappa shape index (κ2) is 10.2. The van der Waals surface area contributed by atoms with Crippen LogP contribution in [0.1, 0.15) is 71.6 Å². The first kappa shape index (κ1) is 16.5. The van der Waals surface area contributed by atoms with Crippen molar-refractivity contribution in [2.45, 2.75) is 77.7 Å². The summed E-state index contributed by atoms with van der Waals surface area (Å²) in [5.74, 6) is 0.480. The zero-order valence-electron chi connectivity index (χ0n) is 12.7. The van der Waals surface area contributed by atoms with Gasteiger partial charge in [-0.1, -0.05) is 46.0 Å². The van der Waals surface area contributed by atoms with Gasteiger partial charge in [-0.3, -0.25) is 4.79 Å². The van der Waals surface area contributed by atoms with E-state index in [1.165, 1.54) is 25.7 Å². The maximum Gasteiger partial charge on any atom is 0.305 e.